The van der Waals surface area contributed by atoms with Gasteiger partial charge in [0.15, 0.2) is 11.6 Å². The Bertz CT molecular complexity index is 911. The van der Waals surface area contributed by atoms with Gasteiger partial charge in [-0.2, -0.15) is 0 Å². The van der Waals surface area contributed by atoms with Crippen molar-refractivity contribution in [2.45, 2.75) is 78.1 Å². The average Bonchev–Trinajstić information content (AvgIpc) is 3.13. The summed E-state index contributed by atoms with van der Waals surface area (Å²) in [4.78, 5) is 41.2. The molecule has 164 valence electrons. The molecule has 6 nitrogen and oxygen atoms in total. The average molecular weight is 417 g/mol. The number of carbonyl (C=O) groups is 3. The van der Waals surface area contributed by atoms with Gasteiger partial charge in [0.2, 0.25) is 0 Å². The van der Waals surface area contributed by atoms with Crippen LogP contribution in [0.15, 0.2) is 11.1 Å². The maximum absolute atomic E-state index is 14.3. The highest BCUT2D eigenvalue weighted by atomic mass is 16.6. The lowest BCUT2D eigenvalue weighted by molar-refractivity contribution is -0.152. The van der Waals surface area contributed by atoms with Crippen LogP contribution in [0, 0.1) is 34.0 Å². The topological polar surface area (TPSA) is 89.9 Å². The van der Waals surface area contributed by atoms with Crippen LogP contribution in [0.1, 0.15) is 60.3 Å². The number of hydrogen-bond acceptors (Lipinski definition) is 6. The van der Waals surface area contributed by atoms with E-state index in [0.717, 1.165) is 12.8 Å². The van der Waals surface area contributed by atoms with Crippen molar-refractivity contribution in [1.82, 2.24) is 0 Å². The number of hydrogen-bond donors (Lipinski definition) is 1. The van der Waals surface area contributed by atoms with Crippen LogP contribution >= 0.6 is 0 Å². The Morgan fingerprint density at radius 3 is 2.40 bits per heavy atom. The molecule has 0 radical (unpaired) electrons. The van der Waals surface area contributed by atoms with Crippen molar-refractivity contribution in [1.29, 1.82) is 0 Å². The lowest BCUT2D eigenvalue weighted by Crippen LogP contribution is -2.55. The Morgan fingerprint density at radius 2 is 1.80 bits per heavy atom. The molecule has 0 unspecified atom stereocenters. The summed E-state index contributed by atoms with van der Waals surface area (Å²) in [5.74, 6) is -1.97. The Kier molecular flexibility index (Phi) is 3.82. The molecular weight excluding hydrogens is 384 g/mol. The second-order valence-electron chi connectivity index (χ2n) is 11.4. The van der Waals surface area contributed by atoms with Gasteiger partial charge in [-0.15, -0.1) is 0 Å². The van der Waals surface area contributed by atoms with Gasteiger partial charge < -0.3 is 14.6 Å². The van der Waals surface area contributed by atoms with Crippen LogP contribution in [-0.4, -0.2) is 47.6 Å². The van der Waals surface area contributed by atoms with Gasteiger partial charge in [-0.3, -0.25) is 14.4 Å². The molecule has 7 atom stereocenters. The first-order valence-electron chi connectivity index (χ1n) is 11.2. The van der Waals surface area contributed by atoms with Crippen LogP contribution in [0.3, 0.4) is 0 Å². The quantitative estimate of drug-likeness (QED) is 0.550. The van der Waals surface area contributed by atoms with Crippen LogP contribution in [0.4, 0.5) is 0 Å². The van der Waals surface area contributed by atoms with Crippen molar-refractivity contribution in [3.05, 3.63) is 11.1 Å². The second kappa shape index (κ2) is 5.63. The van der Waals surface area contributed by atoms with Crippen LogP contribution < -0.4 is 0 Å². The van der Waals surface area contributed by atoms with Crippen molar-refractivity contribution in [2.75, 3.05) is 7.11 Å². The standard InChI is InChI=1S/C24H32O6/c1-11(2)24-12(25)10-22(5,28)17(24)13-14(19(24)26)23-9-7-8-21(3,4)18(23)16(15(13)29-6)30-20(23)27/h11,15-18,28H,7-10H2,1-6H3/t15-,16+,17-,18-,22-,23-,24+/m0/s1. The number of carbonyl (C=O) groups excluding carboxylic acids is 3. The summed E-state index contributed by atoms with van der Waals surface area (Å²) in [5.41, 5.74) is -2.82. The van der Waals surface area contributed by atoms with Gasteiger partial charge in [0.1, 0.15) is 23.0 Å². The zero-order chi connectivity index (χ0) is 22.0. The third-order valence-electron chi connectivity index (χ3n) is 9.18. The fourth-order valence-electron chi connectivity index (χ4n) is 8.34. The van der Waals surface area contributed by atoms with Gasteiger partial charge in [0.25, 0.3) is 0 Å². The van der Waals surface area contributed by atoms with Crippen molar-refractivity contribution in [2.24, 2.45) is 34.0 Å². The minimum Gasteiger partial charge on any atom is -0.458 e. The van der Waals surface area contributed by atoms with E-state index in [0.29, 0.717) is 17.6 Å². The van der Waals surface area contributed by atoms with Crippen molar-refractivity contribution in [3.63, 3.8) is 0 Å². The number of methoxy groups -OCH3 is 1. The molecule has 6 heteroatoms. The largest absolute Gasteiger partial charge is 0.458 e. The SMILES string of the molecule is CO[C@H]1C2=C(C(=O)[C@]3(C(C)C)C(=O)C[C@](C)(O)[C@H]23)[C@@]23CCCC(C)(C)[C@@H]2[C@@H]1OC3=O. The highest BCUT2D eigenvalue weighted by molar-refractivity contribution is 6.22. The predicted molar refractivity (Wildman–Crippen MR) is 107 cm³/mol. The normalized spacial score (nSPS) is 48.7. The van der Waals surface area contributed by atoms with Crippen molar-refractivity contribution < 1.29 is 29.0 Å². The molecule has 2 bridgehead atoms. The Labute approximate surface area is 177 Å². The maximum atomic E-state index is 14.3. The van der Waals surface area contributed by atoms with Crippen LogP contribution in [0.2, 0.25) is 0 Å². The van der Waals surface area contributed by atoms with Gasteiger partial charge in [0.05, 0.1) is 5.60 Å². The van der Waals surface area contributed by atoms with E-state index in [1.165, 1.54) is 0 Å². The second-order valence-corrected chi connectivity index (χ2v) is 11.4. The number of ether oxygens (including phenoxy) is 2. The molecule has 5 aliphatic rings. The predicted octanol–water partition coefficient (Wildman–Crippen LogP) is 2.61. The summed E-state index contributed by atoms with van der Waals surface area (Å²) in [6.45, 7) is 9.67. The third-order valence-corrected chi connectivity index (χ3v) is 9.18. The van der Waals surface area contributed by atoms with Gasteiger partial charge in [-0.25, -0.2) is 0 Å². The summed E-state index contributed by atoms with van der Waals surface area (Å²) in [6.07, 6.45) is 1.13. The lowest BCUT2D eigenvalue weighted by Gasteiger charge is -2.51. The van der Waals surface area contributed by atoms with E-state index in [2.05, 4.69) is 13.8 Å². The number of Topliss-reactive ketones (excluding diaryl/α,β-unsaturated/α-hetero) is 2. The number of esters is 1. The number of aliphatic hydroxyl groups is 1. The molecule has 0 spiro atoms. The van der Waals surface area contributed by atoms with E-state index < -0.39 is 34.6 Å². The molecule has 0 amide bonds. The van der Waals surface area contributed by atoms with Crippen LogP contribution in [0.5, 0.6) is 0 Å². The van der Waals surface area contributed by atoms with E-state index in [4.69, 9.17) is 9.47 Å². The van der Waals surface area contributed by atoms with Crippen LogP contribution in [-0.2, 0) is 23.9 Å². The molecule has 0 aromatic heterocycles. The Balaban J connectivity index is 1.86. The number of fused-ring (bicyclic) bond motifs is 2. The number of rotatable bonds is 2. The zero-order valence-corrected chi connectivity index (χ0v) is 18.7. The van der Waals surface area contributed by atoms with Gasteiger partial charge >= 0.3 is 5.97 Å². The first-order valence-corrected chi connectivity index (χ1v) is 11.2. The molecule has 0 aromatic carbocycles. The molecular formula is C24H32O6. The molecule has 3 fully saturated rings. The third kappa shape index (κ3) is 1.88. The highest BCUT2D eigenvalue weighted by Gasteiger charge is 2.80. The van der Waals surface area contributed by atoms with Gasteiger partial charge in [-0.1, -0.05) is 34.1 Å². The molecule has 4 aliphatic carbocycles. The van der Waals surface area contributed by atoms with Gasteiger partial charge in [0, 0.05) is 30.9 Å². The molecule has 1 aliphatic heterocycles. The van der Waals surface area contributed by atoms with Crippen LogP contribution in [0.25, 0.3) is 0 Å². The smallest absolute Gasteiger partial charge is 0.317 e. The van der Waals surface area contributed by atoms with E-state index >= 15 is 0 Å². The van der Waals surface area contributed by atoms with E-state index in [1.807, 2.05) is 13.8 Å². The minimum atomic E-state index is -1.36. The first kappa shape index (κ1) is 20.4. The van der Waals surface area contributed by atoms with Crippen molar-refractivity contribution in [3.8, 4) is 0 Å². The zero-order valence-electron chi connectivity index (χ0n) is 18.7. The lowest BCUT2D eigenvalue weighted by atomic mass is 9.49. The van der Waals surface area contributed by atoms with E-state index in [-0.39, 0.29) is 41.2 Å². The molecule has 1 N–H and O–H groups in total. The maximum Gasteiger partial charge on any atom is 0.317 e. The molecule has 5 rings (SSSR count). The fourth-order valence-corrected chi connectivity index (χ4v) is 8.34. The summed E-state index contributed by atoms with van der Waals surface area (Å²) >= 11 is 0. The number of ketones is 2. The summed E-state index contributed by atoms with van der Waals surface area (Å²) in [6, 6.07) is 0. The minimum absolute atomic E-state index is 0.0593. The Morgan fingerprint density at radius 1 is 1.13 bits per heavy atom. The van der Waals surface area contributed by atoms with Crippen molar-refractivity contribution >= 4 is 17.5 Å². The molecule has 0 aromatic rings. The molecule has 30 heavy (non-hydrogen) atoms. The molecule has 1 saturated heterocycles. The van der Waals surface area contributed by atoms with Gasteiger partial charge in [-0.05, 0) is 36.7 Å². The monoisotopic (exact) mass is 416 g/mol. The molecule has 2 saturated carbocycles. The molecule has 1 heterocycles. The fraction of sp³-hybridized carbons (Fsp3) is 0.792. The highest BCUT2D eigenvalue weighted by Crippen LogP contribution is 2.72. The van der Waals surface area contributed by atoms with E-state index in [1.54, 1.807) is 14.0 Å². The summed E-state index contributed by atoms with van der Waals surface area (Å²) in [7, 11) is 1.57. The summed E-state index contributed by atoms with van der Waals surface area (Å²) < 4.78 is 11.9. The summed E-state index contributed by atoms with van der Waals surface area (Å²) in [5, 5.41) is 11.4. The van der Waals surface area contributed by atoms with E-state index in [9.17, 15) is 19.5 Å². The first-order chi connectivity index (χ1) is 13.9. The Hall–Kier alpha value is -1.53.